The van der Waals surface area contributed by atoms with Gasteiger partial charge in [0.05, 0.1) is 11.4 Å². The molecule has 1 aliphatic carbocycles. The second-order valence-electron chi connectivity index (χ2n) is 8.62. The van der Waals surface area contributed by atoms with Crippen LogP contribution in [0.25, 0.3) is 0 Å². The molecule has 0 saturated carbocycles. The minimum absolute atomic E-state index is 0.299. The van der Waals surface area contributed by atoms with Crippen LogP contribution in [0.4, 0.5) is 4.39 Å². The van der Waals surface area contributed by atoms with E-state index < -0.39 is 0 Å². The molecule has 2 rings (SSSR count). The lowest BCUT2D eigenvalue weighted by molar-refractivity contribution is 0.281. The third-order valence-electron chi connectivity index (χ3n) is 6.23. The summed E-state index contributed by atoms with van der Waals surface area (Å²) in [6.07, 6.45) is 12.8. The second kappa shape index (κ2) is 11.9. The van der Waals surface area contributed by atoms with Crippen LogP contribution in [-0.4, -0.2) is 31.6 Å². The zero-order valence-electron chi connectivity index (χ0n) is 20.1. The van der Waals surface area contributed by atoms with Gasteiger partial charge in [0, 0.05) is 12.8 Å². The number of allylic oxidation sites excluding steroid dienone is 10. The number of nitrogens with one attached hydrogen (secondary N) is 1. The van der Waals surface area contributed by atoms with Gasteiger partial charge in [0.25, 0.3) is 0 Å². The van der Waals surface area contributed by atoms with Gasteiger partial charge < -0.3 is 5.32 Å². The van der Waals surface area contributed by atoms with Gasteiger partial charge in [-0.2, -0.15) is 0 Å². The lowest BCUT2D eigenvalue weighted by Crippen LogP contribution is -2.31. The van der Waals surface area contributed by atoms with Crippen molar-refractivity contribution in [1.82, 2.24) is 5.32 Å². The van der Waals surface area contributed by atoms with Crippen LogP contribution in [0.2, 0.25) is 0 Å². The molecule has 0 bridgehead atoms. The van der Waals surface area contributed by atoms with Crippen molar-refractivity contribution in [1.29, 1.82) is 0 Å². The van der Waals surface area contributed by atoms with E-state index in [4.69, 9.17) is 4.99 Å². The molecule has 0 spiro atoms. The van der Waals surface area contributed by atoms with E-state index in [1.54, 1.807) is 13.1 Å². The first-order valence-electron chi connectivity index (χ1n) is 11.3. The minimum atomic E-state index is -0.299. The molecule has 1 atom stereocenters. The second-order valence-corrected chi connectivity index (χ2v) is 8.62. The largest absolute Gasteiger partial charge is 0.317 e. The first kappa shape index (κ1) is 24.9. The molecule has 1 N–H and O–H groups in total. The topological polar surface area (TPSA) is 36.8 Å². The molecule has 1 saturated heterocycles. The fraction of sp³-hybridized carbons (Fsp3) is 0.481. The van der Waals surface area contributed by atoms with E-state index in [-0.39, 0.29) is 5.83 Å². The number of hydrogen-bond donors (Lipinski definition) is 1. The fourth-order valence-electron chi connectivity index (χ4n) is 4.38. The van der Waals surface area contributed by atoms with Crippen molar-refractivity contribution in [2.45, 2.75) is 53.9 Å². The summed E-state index contributed by atoms with van der Waals surface area (Å²) in [5.74, 6) is 1.10. The predicted octanol–water partition coefficient (Wildman–Crippen LogP) is 6.69. The third kappa shape index (κ3) is 6.83. The van der Waals surface area contributed by atoms with Gasteiger partial charge in [-0.1, -0.05) is 25.7 Å². The van der Waals surface area contributed by atoms with Crippen LogP contribution in [0, 0.1) is 11.8 Å². The maximum Gasteiger partial charge on any atom is 0.149 e. The number of hydrogen-bond acceptors (Lipinski definition) is 3. The number of nitrogens with zero attached hydrogens (tertiary/aromatic N) is 2. The van der Waals surface area contributed by atoms with E-state index in [1.165, 1.54) is 12.8 Å². The molecule has 0 amide bonds. The first-order valence-corrected chi connectivity index (χ1v) is 11.3. The van der Waals surface area contributed by atoms with Crippen molar-refractivity contribution < 1.29 is 4.39 Å². The minimum Gasteiger partial charge on any atom is -0.317 e. The van der Waals surface area contributed by atoms with Gasteiger partial charge in [-0.15, -0.1) is 0 Å². The molecular weight excluding hydrogens is 385 g/mol. The molecule has 31 heavy (non-hydrogen) atoms. The Morgan fingerprint density at radius 3 is 2.52 bits per heavy atom. The third-order valence-corrected chi connectivity index (χ3v) is 6.23. The van der Waals surface area contributed by atoms with Gasteiger partial charge in [-0.25, -0.2) is 4.39 Å². The van der Waals surface area contributed by atoms with E-state index in [0.29, 0.717) is 11.6 Å². The molecule has 0 aromatic heterocycles. The van der Waals surface area contributed by atoms with Crippen molar-refractivity contribution in [2.24, 2.45) is 21.8 Å². The Bertz CT molecular complexity index is 887. The molecule has 4 heteroatoms. The van der Waals surface area contributed by atoms with E-state index in [9.17, 15) is 4.39 Å². The van der Waals surface area contributed by atoms with Crippen LogP contribution < -0.4 is 5.32 Å². The van der Waals surface area contributed by atoms with Gasteiger partial charge in [-0.3, -0.25) is 9.98 Å². The average molecular weight is 424 g/mol. The molecule has 0 aromatic rings. The Morgan fingerprint density at radius 1 is 1.26 bits per heavy atom. The summed E-state index contributed by atoms with van der Waals surface area (Å²) in [5.41, 5.74) is 6.07. The Labute approximate surface area is 188 Å². The van der Waals surface area contributed by atoms with Crippen LogP contribution in [0.3, 0.4) is 0 Å². The van der Waals surface area contributed by atoms with Crippen molar-refractivity contribution in [3.05, 3.63) is 70.8 Å². The Balaban J connectivity index is 2.22. The summed E-state index contributed by atoms with van der Waals surface area (Å²) in [5, 5.41) is 3.44. The molecule has 2 aliphatic rings. The van der Waals surface area contributed by atoms with E-state index in [0.717, 1.165) is 59.1 Å². The molecular formula is C27H38FN3. The predicted molar refractivity (Wildman–Crippen MR) is 134 cm³/mol. The summed E-state index contributed by atoms with van der Waals surface area (Å²) in [7, 11) is 1.61. The number of halogens is 1. The SMILES string of the molecule is C=C/C(N=C(C)CC(C)C1CCNCC1)=C(C)\C=C(/C)C1=C/C(=C/C)C(=NC)C(F)=C1. The molecule has 1 heterocycles. The molecule has 1 unspecified atom stereocenters. The van der Waals surface area contributed by atoms with Gasteiger partial charge >= 0.3 is 0 Å². The zero-order valence-corrected chi connectivity index (χ0v) is 20.1. The Morgan fingerprint density at radius 2 is 1.94 bits per heavy atom. The summed E-state index contributed by atoms with van der Waals surface area (Å²) in [4.78, 5) is 8.94. The lowest BCUT2D eigenvalue weighted by Gasteiger charge is -2.28. The van der Waals surface area contributed by atoms with E-state index in [1.807, 2.05) is 39.0 Å². The van der Waals surface area contributed by atoms with Gasteiger partial charge in [0.2, 0.25) is 0 Å². The van der Waals surface area contributed by atoms with Crippen LogP contribution in [0.1, 0.15) is 53.9 Å². The summed E-state index contributed by atoms with van der Waals surface area (Å²) in [6, 6.07) is 0. The first-order chi connectivity index (χ1) is 14.8. The smallest absolute Gasteiger partial charge is 0.149 e. The maximum atomic E-state index is 14.5. The summed E-state index contributed by atoms with van der Waals surface area (Å²) in [6.45, 7) is 16.6. The standard InChI is InChI=1S/C27H38FN3/c1-8-22-16-24(17-25(28)27(22)29-7)18(3)14-20(5)26(9-2)31-21(6)15-19(4)23-10-12-30-13-11-23/h8-9,14,16-17,19,23,30H,2,10-13,15H2,1,3-7H3/b18-14+,22-8-,26-20+,29-27?,31-21?. The highest BCUT2D eigenvalue weighted by molar-refractivity contribution is 6.14. The Hall–Kier alpha value is -2.33. The molecule has 0 aromatic carbocycles. The van der Waals surface area contributed by atoms with Crippen LogP contribution in [0.15, 0.2) is 80.8 Å². The Kier molecular flexibility index (Phi) is 9.57. The zero-order chi connectivity index (χ0) is 23.0. The fourth-order valence-corrected chi connectivity index (χ4v) is 4.38. The molecule has 0 radical (unpaired) electrons. The van der Waals surface area contributed by atoms with Gasteiger partial charge in [0.1, 0.15) is 5.83 Å². The number of aliphatic imine (C=N–C) groups is 2. The highest BCUT2D eigenvalue weighted by Gasteiger charge is 2.20. The molecule has 3 nitrogen and oxygen atoms in total. The van der Waals surface area contributed by atoms with Crippen LogP contribution in [0.5, 0.6) is 0 Å². The number of rotatable bonds is 7. The summed E-state index contributed by atoms with van der Waals surface area (Å²) < 4.78 is 14.5. The van der Waals surface area contributed by atoms with Gasteiger partial charge in [0.15, 0.2) is 0 Å². The van der Waals surface area contributed by atoms with Gasteiger partial charge in [-0.05, 0) is 112 Å². The molecule has 1 fully saturated rings. The van der Waals surface area contributed by atoms with Crippen molar-refractivity contribution in [3.63, 3.8) is 0 Å². The van der Waals surface area contributed by atoms with Crippen molar-refractivity contribution in [3.8, 4) is 0 Å². The molecule has 1 aliphatic heterocycles. The monoisotopic (exact) mass is 423 g/mol. The maximum absolute atomic E-state index is 14.5. The van der Waals surface area contributed by atoms with Crippen molar-refractivity contribution >= 4 is 11.4 Å². The number of piperidine rings is 1. The van der Waals surface area contributed by atoms with E-state index >= 15 is 0 Å². The lowest BCUT2D eigenvalue weighted by atomic mass is 9.83. The molecule has 168 valence electrons. The highest BCUT2D eigenvalue weighted by atomic mass is 19.1. The quantitative estimate of drug-likeness (QED) is 0.359. The summed E-state index contributed by atoms with van der Waals surface area (Å²) >= 11 is 0. The van der Waals surface area contributed by atoms with Crippen LogP contribution in [-0.2, 0) is 0 Å². The average Bonchev–Trinajstić information content (AvgIpc) is 2.77. The highest BCUT2D eigenvalue weighted by Crippen LogP contribution is 2.28. The normalized spacial score (nSPS) is 23.5. The van der Waals surface area contributed by atoms with Crippen molar-refractivity contribution in [2.75, 3.05) is 20.1 Å². The van der Waals surface area contributed by atoms with E-state index in [2.05, 4.69) is 36.8 Å². The van der Waals surface area contributed by atoms with Crippen LogP contribution >= 0.6 is 0 Å².